The summed E-state index contributed by atoms with van der Waals surface area (Å²) in [7, 11) is 1.64. The molecule has 2 N–H and O–H groups in total. The van der Waals surface area contributed by atoms with Crippen LogP contribution < -0.4 is 10.1 Å². The van der Waals surface area contributed by atoms with Crippen LogP contribution in [0.15, 0.2) is 48.8 Å². The Morgan fingerprint density at radius 3 is 2.74 bits per heavy atom. The number of benzene rings is 2. The maximum absolute atomic E-state index is 12.5. The van der Waals surface area contributed by atoms with E-state index in [0.717, 1.165) is 28.8 Å². The fraction of sp³-hybridized carbons (Fsp3) is 0.222. The second-order valence-electron chi connectivity index (χ2n) is 5.34. The normalized spacial score (nSPS) is 12.1. The van der Waals surface area contributed by atoms with E-state index in [1.165, 1.54) is 0 Å². The minimum absolute atomic E-state index is 0.0362. The summed E-state index contributed by atoms with van der Waals surface area (Å²) in [6, 6.07) is 13.2. The van der Waals surface area contributed by atoms with E-state index in [4.69, 9.17) is 4.74 Å². The molecule has 0 aliphatic rings. The van der Waals surface area contributed by atoms with Gasteiger partial charge in [-0.2, -0.15) is 0 Å². The number of fused-ring (bicyclic) bond motifs is 1. The van der Waals surface area contributed by atoms with Crippen LogP contribution in [0.4, 0.5) is 0 Å². The van der Waals surface area contributed by atoms with E-state index in [0.29, 0.717) is 5.56 Å². The van der Waals surface area contributed by atoms with E-state index in [1.54, 1.807) is 19.5 Å². The van der Waals surface area contributed by atoms with Crippen molar-refractivity contribution in [2.75, 3.05) is 7.11 Å². The van der Waals surface area contributed by atoms with Crippen LogP contribution >= 0.6 is 0 Å². The monoisotopic (exact) mass is 309 g/mol. The van der Waals surface area contributed by atoms with Crippen LogP contribution in [0.5, 0.6) is 5.75 Å². The fourth-order valence-corrected chi connectivity index (χ4v) is 2.58. The summed E-state index contributed by atoms with van der Waals surface area (Å²) in [6.45, 7) is 2.05. The average Bonchev–Trinajstić information content (AvgIpc) is 3.07. The van der Waals surface area contributed by atoms with Crippen molar-refractivity contribution >= 4 is 16.9 Å². The smallest absolute Gasteiger partial charge is 0.251 e. The first-order valence-corrected chi connectivity index (χ1v) is 7.59. The summed E-state index contributed by atoms with van der Waals surface area (Å²) in [4.78, 5) is 19.7. The number of hydrogen-bond acceptors (Lipinski definition) is 3. The van der Waals surface area contributed by atoms with Gasteiger partial charge in [-0.1, -0.05) is 19.1 Å². The fourth-order valence-electron chi connectivity index (χ4n) is 2.58. The summed E-state index contributed by atoms with van der Waals surface area (Å²) < 4.78 is 5.17. The quantitative estimate of drug-likeness (QED) is 0.758. The minimum Gasteiger partial charge on any atom is -0.497 e. The van der Waals surface area contributed by atoms with Crippen LogP contribution in [0, 0.1) is 0 Å². The number of aromatic nitrogens is 2. The van der Waals surface area contributed by atoms with Gasteiger partial charge in [-0.25, -0.2) is 4.98 Å². The Hall–Kier alpha value is -2.82. The second kappa shape index (κ2) is 6.52. The van der Waals surface area contributed by atoms with Gasteiger partial charge in [0, 0.05) is 5.56 Å². The molecule has 0 fully saturated rings. The van der Waals surface area contributed by atoms with Crippen molar-refractivity contribution in [3.05, 3.63) is 59.9 Å². The van der Waals surface area contributed by atoms with E-state index < -0.39 is 0 Å². The molecular formula is C18H19N3O2. The van der Waals surface area contributed by atoms with Gasteiger partial charge >= 0.3 is 0 Å². The number of carbonyl (C=O) groups excluding carboxylic acids is 1. The van der Waals surface area contributed by atoms with Crippen LogP contribution in [0.2, 0.25) is 0 Å². The van der Waals surface area contributed by atoms with Crippen LogP contribution in [-0.4, -0.2) is 23.0 Å². The lowest BCUT2D eigenvalue weighted by atomic mass is 10.0. The topological polar surface area (TPSA) is 67.0 Å². The number of imidazole rings is 1. The molecule has 1 heterocycles. The zero-order valence-corrected chi connectivity index (χ0v) is 13.2. The lowest BCUT2D eigenvalue weighted by molar-refractivity contribution is 0.0935. The van der Waals surface area contributed by atoms with E-state index >= 15 is 0 Å². The molecule has 0 spiro atoms. The molecule has 0 aliphatic heterocycles. The second-order valence-corrected chi connectivity index (χ2v) is 5.34. The predicted octanol–water partition coefficient (Wildman–Crippen LogP) is 3.45. The van der Waals surface area contributed by atoms with E-state index in [9.17, 15) is 4.79 Å². The zero-order chi connectivity index (χ0) is 16.2. The molecule has 1 unspecified atom stereocenters. The SMILES string of the molecule is CCC(NC(=O)c1ccc2nc[nH]c2c1)c1ccc(OC)cc1. The third-order valence-corrected chi connectivity index (χ3v) is 3.91. The molecule has 0 saturated carbocycles. The number of nitrogens with one attached hydrogen (secondary N) is 2. The molecule has 0 bridgehead atoms. The van der Waals surface area contributed by atoms with Gasteiger partial charge in [-0.3, -0.25) is 4.79 Å². The van der Waals surface area contributed by atoms with Gasteiger partial charge in [0.25, 0.3) is 5.91 Å². The van der Waals surface area contributed by atoms with Gasteiger partial charge in [-0.05, 0) is 42.3 Å². The first kappa shape index (κ1) is 15.1. The van der Waals surface area contributed by atoms with Crippen molar-refractivity contribution in [1.82, 2.24) is 15.3 Å². The molecule has 3 aromatic rings. The van der Waals surface area contributed by atoms with Crippen LogP contribution in [0.1, 0.15) is 35.3 Å². The predicted molar refractivity (Wildman–Crippen MR) is 89.6 cm³/mol. The third-order valence-electron chi connectivity index (χ3n) is 3.91. The third kappa shape index (κ3) is 3.18. The Bertz CT molecular complexity index is 809. The van der Waals surface area contributed by atoms with E-state index in [1.807, 2.05) is 43.3 Å². The standard InChI is InChI=1S/C18H19N3O2/c1-3-15(12-4-7-14(23-2)8-5-12)21-18(22)13-6-9-16-17(10-13)20-11-19-16/h4-11,15H,3H2,1-2H3,(H,19,20)(H,21,22). The van der Waals surface area contributed by atoms with Crippen LogP contribution in [0.3, 0.4) is 0 Å². The maximum atomic E-state index is 12.5. The number of nitrogens with zero attached hydrogens (tertiary/aromatic N) is 1. The number of ether oxygens (including phenoxy) is 1. The lowest BCUT2D eigenvalue weighted by Crippen LogP contribution is -2.28. The van der Waals surface area contributed by atoms with Gasteiger partial charge in [0.05, 0.1) is 30.5 Å². The maximum Gasteiger partial charge on any atom is 0.251 e. The Kier molecular flexibility index (Phi) is 4.28. The summed E-state index contributed by atoms with van der Waals surface area (Å²) in [5, 5.41) is 3.08. The highest BCUT2D eigenvalue weighted by Gasteiger charge is 2.15. The Labute approximate surface area is 134 Å². The van der Waals surface area contributed by atoms with Crippen molar-refractivity contribution in [3.8, 4) is 5.75 Å². The molecule has 1 aromatic heterocycles. The van der Waals surface area contributed by atoms with E-state index in [2.05, 4.69) is 15.3 Å². The molecule has 2 aromatic carbocycles. The summed E-state index contributed by atoms with van der Waals surface area (Å²) in [5.41, 5.74) is 3.39. The van der Waals surface area contributed by atoms with Crippen molar-refractivity contribution in [2.45, 2.75) is 19.4 Å². The number of H-pyrrole nitrogens is 1. The molecule has 23 heavy (non-hydrogen) atoms. The molecule has 3 rings (SSSR count). The molecule has 0 saturated heterocycles. The zero-order valence-electron chi connectivity index (χ0n) is 13.2. The van der Waals surface area contributed by atoms with Crippen molar-refractivity contribution in [3.63, 3.8) is 0 Å². The summed E-state index contributed by atoms with van der Waals surface area (Å²) in [5.74, 6) is 0.712. The van der Waals surface area contributed by atoms with Gasteiger partial charge in [0.15, 0.2) is 0 Å². The van der Waals surface area contributed by atoms with Crippen molar-refractivity contribution in [1.29, 1.82) is 0 Å². The van der Waals surface area contributed by atoms with Crippen molar-refractivity contribution in [2.24, 2.45) is 0 Å². The highest BCUT2D eigenvalue weighted by Crippen LogP contribution is 2.21. The Balaban J connectivity index is 1.78. The first-order valence-electron chi connectivity index (χ1n) is 7.59. The van der Waals surface area contributed by atoms with Crippen LogP contribution in [0.25, 0.3) is 11.0 Å². The largest absolute Gasteiger partial charge is 0.497 e. The number of hydrogen-bond donors (Lipinski definition) is 2. The van der Waals surface area contributed by atoms with Crippen LogP contribution in [-0.2, 0) is 0 Å². The van der Waals surface area contributed by atoms with Gasteiger partial charge in [-0.15, -0.1) is 0 Å². The minimum atomic E-state index is -0.0934. The summed E-state index contributed by atoms with van der Waals surface area (Å²) >= 11 is 0. The number of amides is 1. The number of aromatic amines is 1. The van der Waals surface area contributed by atoms with E-state index in [-0.39, 0.29) is 11.9 Å². The van der Waals surface area contributed by atoms with Gasteiger partial charge in [0.2, 0.25) is 0 Å². The van der Waals surface area contributed by atoms with Gasteiger partial charge in [0.1, 0.15) is 5.75 Å². The average molecular weight is 309 g/mol. The summed E-state index contributed by atoms with van der Waals surface area (Å²) in [6.07, 6.45) is 2.43. The number of rotatable bonds is 5. The Morgan fingerprint density at radius 2 is 2.04 bits per heavy atom. The molecular weight excluding hydrogens is 290 g/mol. The number of methoxy groups -OCH3 is 1. The molecule has 1 atom stereocenters. The first-order chi connectivity index (χ1) is 11.2. The molecule has 0 radical (unpaired) electrons. The molecule has 118 valence electrons. The molecule has 5 nitrogen and oxygen atoms in total. The molecule has 0 aliphatic carbocycles. The van der Waals surface area contributed by atoms with Crippen molar-refractivity contribution < 1.29 is 9.53 Å². The highest BCUT2D eigenvalue weighted by molar-refractivity contribution is 5.97. The van der Waals surface area contributed by atoms with Gasteiger partial charge < -0.3 is 15.0 Å². The highest BCUT2D eigenvalue weighted by atomic mass is 16.5. The molecule has 5 heteroatoms. The molecule has 1 amide bonds. The lowest BCUT2D eigenvalue weighted by Gasteiger charge is -2.18. The Morgan fingerprint density at radius 1 is 1.26 bits per heavy atom. The number of carbonyl (C=O) groups is 1.